The van der Waals surface area contributed by atoms with Crippen molar-refractivity contribution in [3.05, 3.63) is 12.2 Å². The van der Waals surface area contributed by atoms with Gasteiger partial charge in [-0.1, -0.05) is 51.2 Å². The summed E-state index contributed by atoms with van der Waals surface area (Å²) in [5.41, 5.74) is 0. The van der Waals surface area contributed by atoms with Crippen LogP contribution in [0.15, 0.2) is 12.2 Å². The van der Waals surface area contributed by atoms with Crippen molar-refractivity contribution in [2.24, 2.45) is 0 Å². The fourth-order valence-corrected chi connectivity index (χ4v) is 1.78. The van der Waals surface area contributed by atoms with E-state index in [0.29, 0.717) is 6.42 Å². The minimum absolute atomic E-state index is 0.172. The highest BCUT2D eigenvalue weighted by Gasteiger charge is 1.96. The number of carbonyl (C=O) groups is 1. The van der Waals surface area contributed by atoms with Crippen molar-refractivity contribution in [1.29, 1.82) is 0 Å². The lowest BCUT2D eigenvalue weighted by Crippen LogP contribution is -2.16. The zero-order valence-electron chi connectivity index (χ0n) is 11.6. The van der Waals surface area contributed by atoms with Crippen LogP contribution in [0.25, 0.3) is 0 Å². The smallest absolute Gasteiger partial charge is 0.219 e. The minimum Gasteiger partial charge on any atom is -0.359 e. The van der Waals surface area contributed by atoms with Gasteiger partial charge in [0.25, 0.3) is 0 Å². The lowest BCUT2D eigenvalue weighted by Gasteiger charge is -2.01. The largest absolute Gasteiger partial charge is 0.359 e. The molecular weight excluding hydrogens is 210 g/mol. The maximum Gasteiger partial charge on any atom is 0.219 e. The van der Waals surface area contributed by atoms with Crippen LogP contribution in [0.2, 0.25) is 0 Å². The molecule has 0 aromatic carbocycles. The van der Waals surface area contributed by atoms with E-state index in [1.165, 1.54) is 51.4 Å². The topological polar surface area (TPSA) is 29.1 Å². The van der Waals surface area contributed by atoms with Gasteiger partial charge in [-0.3, -0.25) is 4.79 Å². The van der Waals surface area contributed by atoms with E-state index >= 15 is 0 Å². The molecule has 100 valence electrons. The standard InChI is InChI=1S/C15H29NO/c1-3-4-5-6-7-8-9-10-11-12-13-14-15(17)16-2/h5-6H,3-4,7-14H2,1-2H3,(H,16,17)/b6-5+. The molecule has 0 aromatic heterocycles. The van der Waals surface area contributed by atoms with Crippen molar-refractivity contribution < 1.29 is 4.79 Å². The first-order valence-electron chi connectivity index (χ1n) is 7.16. The van der Waals surface area contributed by atoms with Gasteiger partial charge in [0, 0.05) is 13.5 Å². The van der Waals surface area contributed by atoms with Crippen LogP contribution >= 0.6 is 0 Å². The molecule has 2 nitrogen and oxygen atoms in total. The summed E-state index contributed by atoms with van der Waals surface area (Å²) in [4.78, 5) is 11.0. The van der Waals surface area contributed by atoms with E-state index in [4.69, 9.17) is 0 Å². The van der Waals surface area contributed by atoms with Crippen LogP contribution in [0, 0.1) is 0 Å². The average Bonchev–Trinajstić information content (AvgIpc) is 2.35. The first kappa shape index (κ1) is 16.2. The highest BCUT2D eigenvalue weighted by Crippen LogP contribution is 2.09. The summed E-state index contributed by atoms with van der Waals surface area (Å²) in [6.07, 6.45) is 16.5. The molecule has 2 heteroatoms. The summed E-state index contributed by atoms with van der Waals surface area (Å²) in [5.74, 6) is 0.172. The molecule has 0 aliphatic heterocycles. The summed E-state index contributed by atoms with van der Waals surface area (Å²) in [6, 6.07) is 0. The molecule has 1 N–H and O–H groups in total. The fraction of sp³-hybridized carbons (Fsp3) is 0.800. The van der Waals surface area contributed by atoms with Crippen LogP contribution in [-0.4, -0.2) is 13.0 Å². The molecule has 0 unspecified atom stereocenters. The number of unbranched alkanes of at least 4 members (excludes halogenated alkanes) is 7. The lowest BCUT2D eigenvalue weighted by molar-refractivity contribution is -0.120. The van der Waals surface area contributed by atoms with Gasteiger partial charge in [0.1, 0.15) is 0 Å². The van der Waals surface area contributed by atoms with Crippen LogP contribution in [0.4, 0.5) is 0 Å². The second kappa shape index (κ2) is 13.3. The van der Waals surface area contributed by atoms with Crippen LogP contribution in [0.5, 0.6) is 0 Å². The maximum absolute atomic E-state index is 11.0. The lowest BCUT2D eigenvalue weighted by atomic mass is 10.1. The predicted octanol–water partition coefficient (Wildman–Crippen LogP) is 4.21. The van der Waals surface area contributed by atoms with Crippen molar-refractivity contribution in [1.82, 2.24) is 5.32 Å². The van der Waals surface area contributed by atoms with E-state index < -0.39 is 0 Å². The van der Waals surface area contributed by atoms with Crippen LogP contribution < -0.4 is 5.32 Å². The van der Waals surface area contributed by atoms with E-state index in [0.717, 1.165) is 6.42 Å². The Labute approximate surface area is 107 Å². The van der Waals surface area contributed by atoms with Gasteiger partial charge in [0.05, 0.1) is 0 Å². The number of allylic oxidation sites excluding steroid dienone is 2. The van der Waals surface area contributed by atoms with Crippen molar-refractivity contribution in [2.45, 2.75) is 71.1 Å². The number of rotatable bonds is 11. The molecule has 0 spiro atoms. The summed E-state index contributed by atoms with van der Waals surface area (Å²) in [7, 11) is 1.70. The van der Waals surface area contributed by atoms with E-state index in [1.807, 2.05) is 0 Å². The molecule has 0 aromatic rings. The Hall–Kier alpha value is -0.790. The van der Waals surface area contributed by atoms with Gasteiger partial charge in [-0.2, -0.15) is 0 Å². The van der Waals surface area contributed by atoms with Gasteiger partial charge >= 0.3 is 0 Å². The SMILES string of the molecule is CCC/C=C/CCCCCCCCC(=O)NC. The Balaban J connectivity index is 3.06. The highest BCUT2D eigenvalue weighted by molar-refractivity contribution is 5.75. The van der Waals surface area contributed by atoms with E-state index in [1.54, 1.807) is 7.05 Å². The Bertz CT molecular complexity index is 199. The average molecular weight is 239 g/mol. The molecule has 0 rings (SSSR count). The quantitative estimate of drug-likeness (QED) is 0.425. The third-order valence-electron chi connectivity index (χ3n) is 2.93. The number of carbonyl (C=O) groups excluding carboxylic acids is 1. The third kappa shape index (κ3) is 13.1. The van der Waals surface area contributed by atoms with E-state index in [9.17, 15) is 4.79 Å². The minimum atomic E-state index is 0.172. The fourth-order valence-electron chi connectivity index (χ4n) is 1.78. The van der Waals surface area contributed by atoms with E-state index in [2.05, 4.69) is 24.4 Å². The second-order valence-electron chi connectivity index (χ2n) is 4.59. The van der Waals surface area contributed by atoms with Gasteiger partial charge in [-0.15, -0.1) is 0 Å². The molecule has 0 atom stereocenters. The molecule has 0 aliphatic rings. The maximum atomic E-state index is 11.0. The summed E-state index contributed by atoms with van der Waals surface area (Å²) < 4.78 is 0. The van der Waals surface area contributed by atoms with E-state index in [-0.39, 0.29) is 5.91 Å². The van der Waals surface area contributed by atoms with Gasteiger partial charge in [0.2, 0.25) is 5.91 Å². The molecule has 17 heavy (non-hydrogen) atoms. The van der Waals surface area contributed by atoms with Crippen molar-refractivity contribution in [3.8, 4) is 0 Å². The first-order valence-corrected chi connectivity index (χ1v) is 7.16. The highest BCUT2D eigenvalue weighted by atomic mass is 16.1. The van der Waals surface area contributed by atoms with Gasteiger partial charge in [-0.05, 0) is 25.7 Å². The number of hydrogen-bond acceptors (Lipinski definition) is 1. The van der Waals surface area contributed by atoms with Crippen molar-refractivity contribution in [3.63, 3.8) is 0 Å². The number of amides is 1. The predicted molar refractivity (Wildman–Crippen MR) is 75.1 cm³/mol. The zero-order valence-corrected chi connectivity index (χ0v) is 11.6. The van der Waals surface area contributed by atoms with Crippen LogP contribution in [0.3, 0.4) is 0 Å². The third-order valence-corrected chi connectivity index (χ3v) is 2.93. The number of nitrogens with one attached hydrogen (secondary N) is 1. The van der Waals surface area contributed by atoms with Crippen molar-refractivity contribution in [2.75, 3.05) is 7.05 Å². The molecule has 0 radical (unpaired) electrons. The molecule has 0 heterocycles. The Morgan fingerprint density at radius 2 is 1.53 bits per heavy atom. The Morgan fingerprint density at radius 3 is 2.18 bits per heavy atom. The zero-order chi connectivity index (χ0) is 12.8. The normalized spacial score (nSPS) is 10.9. The molecule has 1 amide bonds. The molecular formula is C15H29NO. The van der Waals surface area contributed by atoms with Gasteiger partial charge < -0.3 is 5.32 Å². The Kier molecular flexibility index (Phi) is 12.7. The summed E-state index contributed by atoms with van der Waals surface area (Å²) in [5, 5.41) is 2.65. The Morgan fingerprint density at radius 1 is 0.941 bits per heavy atom. The molecule has 0 saturated carbocycles. The molecule has 0 saturated heterocycles. The number of hydrogen-bond donors (Lipinski definition) is 1. The second-order valence-corrected chi connectivity index (χ2v) is 4.59. The summed E-state index contributed by atoms with van der Waals surface area (Å²) in [6.45, 7) is 2.21. The summed E-state index contributed by atoms with van der Waals surface area (Å²) >= 11 is 0. The van der Waals surface area contributed by atoms with Gasteiger partial charge in [0.15, 0.2) is 0 Å². The molecule has 0 fully saturated rings. The first-order chi connectivity index (χ1) is 8.31. The van der Waals surface area contributed by atoms with Crippen LogP contribution in [0.1, 0.15) is 71.1 Å². The van der Waals surface area contributed by atoms with Crippen molar-refractivity contribution >= 4 is 5.91 Å². The van der Waals surface area contributed by atoms with Gasteiger partial charge in [-0.25, -0.2) is 0 Å². The molecule has 0 aliphatic carbocycles. The monoisotopic (exact) mass is 239 g/mol. The van der Waals surface area contributed by atoms with Crippen LogP contribution in [-0.2, 0) is 4.79 Å². The molecule has 0 bridgehead atoms.